The Balaban J connectivity index is 2.13. The summed E-state index contributed by atoms with van der Waals surface area (Å²) in [5, 5.41) is 3.08. The van der Waals surface area contributed by atoms with Crippen molar-refractivity contribution in [3.63, 3.8) is 0 Å². The molecule has 0 unspecified atom stereocenters. The van der Waals surface area contributed by atoms with E-state index in [1.165, 1.54) is 0 Å². The first-order chi connectivity index (χ1) is 8.49. The molecule has 0 saturated carbocycles. The Morgan fingerprint density at radius 1 is 1.33 bits per heavy atom. The number of aromatic nitrogens is 2. The third-order valence-corrected chi connectivity index (χ3v) is 3.78. The molecule has 0 fully saturated rings. The van der Waals surface area contributed by atoms with Crippen molar-refractivity contribution in [1.82, 2.24) is 19.6 Å². The maximum atomic E-state index is 11.6. The number of aryl methyl sites for hydroxylation is 1. The highest BCUT2D eigenvalue weighted by atomic mass is 32.2. The first-order valence-electron chi connectivity index (χ1n) is 6.16. The summed E-state index contributed by atoms with van der Waals surface area (Å²) in [7, 11) is -3.16. The molecule has 1 rings (SSSR count). The van der Waals surface area contributed by atoms with Gasteiger partial charge in [-0.1, -0.05) is 13.8 Å². The molecular formula is C11H22N4O2S. The summed E-state index contributed by atoms with van der Waals surface area (Å²) in [6, 6.07) is 0.307. The van der Waals surface area contributed by atoms with E-state index in [1.807, 2.05) is 24.6 Å². The summed E-state index contributed by atoms with van der Waals surface area (Å²) in [4.78, 5) is 3.92. The van der Waals surface area contributed by atoms with Crippen molar-refractivity contribution in [3.8, 4) is 0 Å². The van der Waals surface area contributed by atoms with Gasteiger partial charge in [0.05, 0.1) is 12.1 Å². The van der Waals surface area contributed by atoms with E-state index in [2.05, 4.69) is 15.0 Å². The van der Waals surface area contributed by atoms with Gasteiger partial charge in [0.1, 0.15) is 0 Å². The van der Waals surface area contributed by atoms with Crippen LogP contribution in [-0.4, -0.2) is 42.9 Å². The molecule has 1 aromatic rings. The molecule has 2 N–H and O–H groups in total. The van der Waals surface area contributed by atoms with Crippen LogP contribution in [0.1, 0.15) is 20.3 Å². The van der Waals surface area contributed by atoms with Crippen LogP contribution in [0.3, 0.4) is 0 Å². The van der Waals surface area contributed by atoms with Crippen LogP contribution in [0.2, 0.25) is 0 Å². The Hall–Kier alpha value is -0.920. The molecular weight excluding hydrogens is 252 g/mol. The molecule has 0 atom stereocenters. The minimum Gasteiger partial charge on any atom is -0.337 e. The van der Waals surface area contributed by atoms with Crippen LogP contribution in [0.4, 0.5) is 0 Å². The van der Waals surface area contributed by atoms with Gasteiger partial charge in [0.15, 0.2) is 0 Å². The number of nitrogens with one attached hydrogen (secondary N) is 2. The van der Waals surface area contributed by atoms with Crippen molar-refractivity contribution >= 4 is 10.0 Å². The predicted molar refractivity (Wildman–Crippen MR) is 71.8 cm³/mol. The van der Waals surface area contributed by atoms with Crippen molar-refractivity contribution in [2.75, 3.05) is 18.8 Å². The normalized spacial score (nSPS) is 12.2. The third-order valence-electron chi connectivity index (χ3n) is 2.40. The molecule has 0 amide bonds. The minimum atomic E-state index is -3.16. The summed E-state index contributed by atoms with van der Waals surface area (Å²) in [5.41, 5.74) is 0. The average molecular weight is 274 g/mol. The topological polar surface area (TPSA) is 76.0 Å². The van der Waals surface area contributed by atoms with Gasteiger partial charge in [-0.3, -0.25) is 0 Å². The second-order valence-electron chi connectivity index (χ2n) is 4.48. The third kappa shape index (κ3) is 6.73. The summed E-state index contributed by atoms with van der Waals surface area (Å²) < 4.78 is 27.7. The summed E-state index contributed by atoms with van der Waals surface area (Å²) in [6.07, 6.45) is 6.05. The van der Waals surface area contributed by atoms with Crippen LogP contribution in [0.25, 0.3) is 0 Å². The molecule has 1 heterocycles. The fourth-order valence-corrected chi connectivity index (χ4v) is 2.45. The molecule has 0 saturated heterocycles. The standard InChI is InChI=1S/C11H22N4O2S/c1-11(2)13-6-9-18(16,17)14-4-3-7-15-8-5-12-10-15/h5,8,10-11,13-14H,3-4,6-7,9H2,1-2H3. The number of imidazole rings is 1. The Bertz CT molecular complexity index is 414. The molecule has 0 aliphatic heterocycles. The van der Waals surface area contributed by atoms with Crippen LogP contribution in [-0.2, 0) is 16.6 Å². The zero-order valence-corrected chi connectivity index (χ0v) is 11.8. The van der Waals surface area contributed by atoms with Gasteiger partial charge >= 0.3 is 0 Å². The van der Waals surface area contributed by atoms with Gasteiger partial charge in [0.25, 0.3) is 0 Å². The maximum Gasteiger partial charge on any atom is 0.212 e. The minimum absolute atomic E-state index is 0.121. The summed E-state index contributed by atoms with van der Waals surface area (Å²) >= 11 is 0. The zero-order valence-electron chi connectivity index (χ0n) is 11.0. The lowest BCUT2D eigenvalue weighted by molar-refractivity contribution is 0.559. The molecule has 0 radical (unpaired) electrons. The second-order valence-corrected chi connectivity index (χ2v) is 6.40. The van der Waals surface area contributed by atoms with Crippen molar-refractivity contribution in [2.24, 2.45) is 0 Å². The molecule has 1 aromatic heterocycles. The number of hydrogen-bond acceptors (Lipinski definition) is 4. The van der Waals surface area contributed by atoms with E-state index < -0.39 is 10.0 Å². The highest BCUT2D eigenvalue weighted by molar-refractivity contribution is 7.89. The Labute approximate surface area is 109 Å². The Morgan fingerprint density at radius 3 is 2.72 bits per heavy atom. The van der Waals surface area contributed by atoms with Crippen LogP contribution < -0.4 is 10.0 Å². The SMILES string of the molecule is CC(C)NCCS(=O)(=O)NCCCn1ccnc1. The highest BCUT2D eigenvalue weighted by Gasteiger charge is 2.08. The number of nitrogens with zero attached hydrogens (tertiary/aromatic N) is 2. The van der Waals surface area contributed by atoms with E-state index in [4.69, 9.17) is 0 Å². The quantitative estimate of drug-likeness (QED) is 0.630. The molecule has 0 spiro atoms. The van der Waals surface area contributed by atoms with Gasteiger partial charge in [-0.05, 0) is 6.42 Å². The lowest BCUT2D eigenvalue weighted by Crippen LogP contribution is -2.35. The van der Waals surface area contributed by atoms with Crippen molar-refractivity contribution < 1.29 is 8.42 Å². The van der Waals surface area contributed by atoms with Crippen LogP contribution in [0, 0.1) is 0 Å². The van der Waals surface area contributed by atoms with Gasteiger partial charge in [0.2, 0.25) is 10.0 Å². The van der Waals surface area contributed by atoms with Crippen LogP contribution >= 0.6 is 0 Å². The van der Waals surface area contributed by atoms with E-state index in [0.29, 0.717) is 19.1 Å². The van der Waals surface area contributed by atoms with Gasteiger partial charge in [-0.25, -0.2) is 18.1 Å². The fourth-order valence-electron chi connectivity index (χ4n) is 1.46. The lowest BCUT2D eigenvalue weighted by Gasteiger charge is -2.09. The fraction of sp³-hybridized carbons (Fsp3) is 0.727. The summed E-state index contributed by atoms with van der Waals surface area (Å²) in [6.45, 7) is 5.69. The number of rotatable bonds is 9. The molecule has 7 heteroatoms. The monoisotopic (exact) mass is 274 g/mol. The smallest absolute Gasteiger partial charge is 0.212 e. The van der Waals surface area contributed by atoms with Crippen LogP contribution in [0.5, 0.6) is 0 Å². The Kier molecular flexibility index (Phi) is 6.31. The van der Waals surface area contributed by atoms with E-state index in [9.17, 15) is 8.42 Å². The average Bonchev–Trinajstić information content (AvgIpc) is 2.76. The lowest BCUT2D eigenvalue weighted by atomic mass is 10.4. The zero-order chi connectivity index (χ0) is 13.4. The second kappa shape index (κ2) is 7.50. The summed E-state index contributed by atoms with van der Waals surface area (Å²) in [5.74, 6) is 0.121. The van der Waals surface area contributed by atoms with Gasteiger partial charge < -0.3 is 9.88 Å². The van der Waals surface area contributed by atoms with Crippen molar-refractivity contribution in [1.29, 1.82) is 0 Å². The Morgan fingerprint density at radius 2 is 2.11 bits per heavy atom. The first kappa shape index (κ1) is 15.1. The number of sulfonamides is 1. The molecule has 18 heavy (non-hydrogen) atoms. The molecule has 0 aliphatic rings. The molecule has 0 aromatic carbocycles. The molecule has 0 aliphatic carbocycles. The van der Waals surface area contributed by atoms with Gasteiger partial charge in [-0.2, -0.15) is 0 Å². The molecule has 104 valence electrons. The van der Waals surface area contributed by atoms with Gasteiger partial charge in [-0.15, -0.1) is 0 Å². The first-order valence-corrected chi connectivity index (χ1v) is 7.81. The largest absolute Gasteiger partial charge is 0.337 e. The van der Waals surface area contributed by atoms with Gasteiger partial charge in [0, 0.05) is 38.1 Å². The maximum absolute atomic E-state index is 11.6. The highest BCUT2D eigenvalue weighted by Crippen LogP contribution is 1.91. The molecule has 0 bridgehead atoms. The van der Waals surface area contributed by atoms with E-state index in [0.717, 1.165) is 13.0 Å². The van der Waals surface area contributed by atoms with E-state index >= 15 is 0 Å². The number of hydrogen-bond donors (Lipinski definition) is 2. The van der Waals surface area contributed by atoms with Crippen molar-refractivity contribution in [3.05, 3.63) is 18.7 Å². The van der Waals surface area contributed by atoms with E-state index in [-0.39, 0.29) is 5.75 Å². The predicted octanol–water partition coefficient (Wildman–Crippen LogP) is 0.191. The van der Waals surface area contributed by atoms with E-state index in [1.54, 1.807) is 12.5 Å². The van der Waals surface area contributed by atoms with Crippen molar-refractivity contribution in [2.45, 2.75) is 32.9 Å². The molecule has 6 nitrogen and oxygen atoms in total. The van der Waals surface area contributed by atoms with Crippen LogP contribution in [0.15, 0.2) is 18.7 Å².